The van der Waals surface area contributed by atoms with Crippen molar-refractivity contribution in [2.75, 3.05) is 26.8 Å². The zero-order valence-electron chi connectivity index (χ0n) is 12.4. The van der Waals surface area contributed by atoms with Gasteiger partial charge in [0.25, 0.3) is 0 Å². The molecule has 0 spiro atoms. The van der Waals surface area contributed by atoms with Gasteiger partial charge in [0.2, 0.25) is 0 Å². The van der Waals surface area contributed by atoms with Gasteiger partial charge in [-0.25, -0.2) is 0 Å². The normalized spacial score (nSPS) is 21.9. The minimum absolute atomic E-state index is 0.213. The van der Waals surface area contributed by atoms with Crippen LogP contribution < -0.4 is 14.8 Å². The fourth-order valence-corrected chi connectivity index (χ4v) is 2.35. The summed E-state index contributed by atoms with van der Waals surface area (Å²) in [6, 6.07) is 7.66. The van der Waals surface area contributed by atoms with Gasteiger partial charge in [-0.3, -0.25) is 0 Å². The van der Waals surface area contributed by atoms with Crippen LogP contribution >= 0.6 is 0 Å². The molecule has 0 amide bonds. The molecule has 1 saturated heterocycles. The maximum atomic E-state index is 5.96. The van der Waals surface area contributed by atoms with Gasteiger partial charge in [0.05, 0.1) is 19.3 Å². The lowest BCUT2D eigenvalue weighted by Gasteiger charge is -2.15. The lowest BCUT2D eigenvalue weighted by molar-refractivity contribution is 0.0186. The van der Waals surface area contributed by atoms with Gasteiger partial charge in [-0.1, -0.05) is 6.92 Å². The van der Waals surface area contributed by atoms with Gasteiger partial charge >= 0.3 is 0 Å². The predicted molar refractivity (Wildman–Crippen MR) is 79.5 cm³/mol. The van der Waals surface area contributed by atoms with E-state index in [9.17, 15) is 0 Å². The Balaban J connectivity index is 1.67. The summed E-state index contributed by atoms with van der Waals surface area (Å²) in [6.45, 7) is 4.81. The zero-order valence-corrected chi connectivity index (χ0v) is 12.4. The molecular formula is C16H25NO3. The van der Waals surface area contributed by atoms with E-state index in [1.165, 1.54) is 0 Å². The smallest absolute Gasteiger partial charge is 0.119 e. The SMILES string of the molecule is CCCNCC1CCC(COc2ccc(OC)cc2)O1. The van der Waals surface area contributed by atoms with Crippen LogP contribution in [0.1, 0.15) is 26.2 Å². The topological polar surface area (TPSA) is 39.7 Å². The summed E-state index contributed by atoms with van der Waals surface area (Å²) in [7, 11) is 1.66. The van der Waals surface area contributed by atoms with Crippen molar-refractivity contribution < 1.29 is 14.2 Å². The number of hydrogen-bond acceptors (Lipinski definition) is 4. The van der Waals surface area contributed by atoms with E-state index in [1.54, 1.807) is 7.11 Å². The molecule has 112 valence electrons. The summed E-state index contributed by atoms with van der Waals surface area (Å²) in [5.41, 5.74) is 0. The van der Waals surface area contributed by atoms with Crippen LogP contribution in [0.25, 0.3) is 0 Å². The van der Waals surface area contributed by atoms with E-state index in [0.717, 1.165) is 43.9 Å². The third-order valence-corrected chi connectivity index (χ3v) is 3.49. The molecule has 1 heterocycles. The van der Waals surface area contributed by atoms with Crippen molar-refractivity contribution >= 4 is 0 Å². The van der Waals surface area contributed by atoms with Crippen LogP contribution in [0.4, 0.5) is 0 Å². The third-order valence-electron chi connectivity index (χ3n) is 3.49. The average Bonchev–Trinajstić information content (AvgIpc) is 2.94. The Hall–Kier alpha value is -1.26. The van der Waals surface area contributed by atoms with Gasteiger partial charge < -0.3 is 19.5 Å². The van der Waals surface area contributed by atoms with E-state index in [-0.39, 0.29) is 6.10 Å². The minimum Gasteiger partial charge on any atom is -0.497 e. The molecule has 0 bridgehead atoms. The van der Waals surface area contributed by atoms with Crippen LogP contribution in [0.2, 0.25) is 0 Å². The molecule has 0 radical (unpaired) electrons. The Kier molecular flexibility index (Phi) is 6.15. The summed E-state index contributed by atoms with van der Waals surface area (Å²) in [4.78, 5) is 0. The van der Waals surface area contributed by atoms with Crippen LogP contribution in [0, 0.1) is 0 Å². The van der Waals surface area contributed by atoms with Gasteiger partial charge in [-0.05, 0) is 50.1 Å². The van der Waals surface area contributed by atoms with E-state index in [4.69, 9.17) is 14.2 Å². The molecule has 1 fully saturated rings. The molecule has 1 aliphatic rings. The summed E-state index contributed by atoms with van der Waals surface area (Å²) in [5, 5.41) is 3.40. The lowest BCUT2D eigenvalue weighted by Crippen LogP contribution is -2.28. The maximum Gasteiger partial charge on any atom is 0.119 e. The Bertz CT molecular complexity index is 380. The zero-order chi connectivity index (χ0) is 14.2. The fourth-order valence-electron chi connectivity index (χ4n) is 2.35. The van der Waals surface area contributed by atoms with Gasteiger partial charge in [-0.15, -0.1) is 0 Å². The van der Waals surface area contributed by atoms with Crippen molar-refractivity contribution in [3.05, 3.63) is 24.3 Å². The van der Waals surface area contributed by atoms with Gasteiger partial charge in [0.15, 0.2) is 0 Å². The van der Waals surface area contributed by atoms with E-state index < -0.39 is 0 Å². The third kappa shape index (κ3) is 4.69. The monoisotopic (exact) mass is 279 g/mol. The van der Waals surface area contributed by atoms with Crippen molar-refractivity contribution in [1.29, 1.82) is 0 Å². The fraction of sp³-hybridized carbons (Fsp3) is 0.625. The second-order valence-corrected chi connectivity index (χ2v) is 5.15. The highest BCUT2D eigenvalue weighted by atomic mass is 16.5. The number of benzene rings is 1. The number of rotatable bonds is 8. The highest BCUT2D eigenvalue weighted by Gasteiger charge is 2.25. The number of nitrogens with one attached hydrogen (secondary N) is 1. The first-order valence-corrected chi connectivity index (χ1v) is 7.45. The summed E-state index contributed by atoms with van der Waals surface area (Å²) < 4.78 is 16.8. The Morgan fingerprint density at radius 3 is 2.55 bits per heavy atom. The molecule has 1 N–H and O–H groups in total. The summed E-state index contributed by atoms with van der Waals surface area (Å²) in [6.07, 6.45) is 3.91. The summed E-state index contributed by atoms with van der Waals surface area (Å²) >= 11 is 0. The van der Waals surface area contributed by atoms with E-state index in [1.807, 2.05) is 24.3 Å². The molecule has 0 aromatic heterocycles. The molecule has 1 aliphatic heterocycles. The Morgan fingerprint density at radius 2 is 1.85 bits per heavy atom. The standard InChI is InChI=1S/C16H25NO3/c1-3-10-17-11-15-8-9-16(20-15)12-19-14-6-4-13(18-2)5-7-14/h4-7,15-17H,3,8-12H2,1-2H3. The first kappa shape index (κ1) is 15.1. The molecule has 0 saturated carbocycles. The van der Waals surface area contributed by atoms with Crippen LogP contribution in [0.15, 0.2) is 24.3 Å². The van der Waals surface area contributed by atoms with Crippen molar-refractivity contribution in [3.63, 3.8) is 0 Å². The van der Waals surface area contributed by atoms with Crippen molar-refractivity contribution in [2.24, 2.45) is 0 Å². The molecule has 2 rings (SSSR count). The molecule has 2 atom stereocenters. The highest BCUT2D eigenvalue weighted by molar-refractivity contribution is 5.31. The van der Waals surface area contributed by atoms with E-state index in [0.29, 0.717) is 12.7 Å². The number of ether oxygens (including phenoxy) is 3. The van der Waals surface area contributed by atoms with Gasteiger partial charge in [-0.2, -0.15) is 0 Å². The van der Waals surface area contributed by atoms with Crippen molar-refractivity contribution in [3.8, 4) is 11.5 Å². The predicted octanol–water partition coefficient (Wildman–Crippen LogP) is 2.62. The highest BCUT2D eigenvalue weighted by Crippen LogP contribution is 2.22. The molecule has 1 aromatic rings. The largest absolute Gasteiger partial charge is 0.497 e. The van der Waals surface area contributed by atoms with E-state index in [2.05, 4.69) is 12.2 Å². The van der Waals surface area contributed by atoms with Gasteiger partial charge in [0, 0.05) is 6.54 Å². The molecule has 4 heteroatoms. The molecule has 0 aliphatic carbocycles. The van der Waals surface area contributed by atoms with Crippen LogP contribution in [-0.2, 0) is 4.74 Å². The first-order valence-electron chi connectivity index (χ1n) is 7.45. The molecule has 1 aromatic carbocycles. The number of hydrogen-bond donors (Lipinski definition) is 1. The quantitative estimate of drug-likeness (QED) is 0.743. The average molecular weight is 279 g/mol. The minimum atomic E-state index is 0.213. The Morgan fingerprint density at radius 1 is 1.15 bits per heavy atom. The number of methoxy groups -OCH3 is 1. The Labute approximate surface area is 121 Å². The molecular weight excluding hydrogens is 254 g/mol. The summed E-state index contributed by atoms with van der Waals surface area (Å²) in [5.74, 6) is 1.71. The van der Waals surface area contributed by atoms with Gasteiger partial charge in [0.1, 0.15) is 18.1 Å². The van der Waals surface area contributed by atoms with Crippen LogP contribution in [0.3, 0.4) is 0 Å². The molecule has 20 heavy (non-hydrogen) atoms. The molecule has 2 unspecified atom stereocenters. The van der Waals surface area contributed by atoms with Crippen molar-refractivity contribution in [2.45, 2.75) is 38.4 Å². The second kappa shape index (κ2) is 8.12. The van der Waals surface area contributed by atoms with Crippen molar-refractivity contribution in [1.82, 2.24) is 5.32 Å². The van der Waals surface area contributed by atoms with Crippen LogP contribution in [-0.4, -0.2) is 39.0 Å². The van der Waals surface area contributed by atoms with E-state index >= 15 is 0 Å². The maximum absolute atomic E-state index is 5.96. The second-order valence-electron chi connectivity index (χ2n) is 5.15. The first-order chi connectivity index (χ1) is 9.81. The lowest BCUT2D eigenvalue weighted by atomic mass is 10.2. The molecule has 4 nitrogen and oxygen atoms in total. The van der Waals surface area contributed by atoms with Crippen LogP contribution in [0.5, 0.6) is 11.5 Å².